The van der Waals surface area contributed by atoms with E-state index in [1.807, 2.05) is 18.5 Å². The van der Waals surface area contributed by atoms with Crippen molar-refractivity contribution in [2.75, 3.05) is 26.2 Å². The summed E-state index contributed by atoms with van der Waals surface area (Å²) in [7, 11) is 0. The Hall–Kier alpha value is -2.31. The van der Waals surface area contributed by atoms with Gasteiger partial charge < -0.3 is 5.32 Å². The Balaban J connectivity index is 1.23. The molecule has 2 fully saturated rings. The third-order valence-electron chi connectivity index (χ3n) is 6.41. The van der Waals surface area contributed by atoms with Crippen molar-refractivity contribution >= 4 is 5.91 Å². The quantitative estimate of drug-likeness (QED) is 0.795. The molecule has 2 aromatic rings. The van der Waals surface area contributed by atoms with Crippen LogP contribution < -0.4 is 5.32 Å². The fourth-order valence-electron chi connectivity index (χ4n) is 4.72. The second kappa shape index (κ2) is 10.1. The zero-order valence-electron chi connectivity index (χ0n) is 17.5. The minimum absolute atomic E-state index is 0.0298. The lowest BCUT2D eigenvalue weighted by Crippen LogP contribution is -2.50. The minimum atomic E-state index is -0.263. The van der Waals surface area contributed by atoms with Crippen molar-refractivity contribution in [3.8, 4) is 0 Å². The Morgan fingerprint density at radius 1 is 1.07 bits per heavy atom. The lowest BCUT2D eigenvalue weighted by atomic mass is 9.93. The van der Waals surface area contributed by atoms with Crippen LogP contribution in [0.5, 0.6) is 0 Å². The van der Waals surface area contributed by atoms with E-state index < -0.39 is 0 Å². The molecule has 0 radical (unpaired) electrons. The van der Waals surface area contributed by atoms with Gasteiger partial charge in [-0.3, -0.25) is 19.6 Å². The highest BCUT2D eigenvalue weighted by molar-refractivity contribution is 5.79. The van der Waals surface area contributed by atoms with Crippen molar-refractivity contribution in [1.82, 2.24) is 20.1 Å². The second-order valence-corrected chi connectivity index (χ2v) is 8.54. The first-order valence-corrected chi connectivity index (χ1v) is 11.0. The summed E-state index contributed by atoms with van der Waals surface area (Å²) in [6.45, 7) is 5.49. The molecule has 4 rings (SSSR count). The molecule has 2 saturated heterocycles. The average molecular weight is 411 g/mol. The van der Waals surface area contributed by atoms with Gasteiger partial charge in [-0.25, -0.2) is 4.39 Å². The summed E-state index contributed by atoms with van der Waals surface area (Å²) in [4.78, 5) is 21.8. The van der Waals surface area contributed by atoms with Crippen LogP contribution in [-0.4, -0.2) is 52.9 Å². The number of pyridine rings is 1. The summed E-state index contributed by atoms with van der Waals surface area (Å²) < 4.78 is 13.3. The highest BCUT2D eigenvalue weighted by Crippen LogP contribution is 2.24. The Morgan fingerprint density at radius 2 is 1.87 bits per heavy atom. The molecule has 0 spiro atoms. The highest BCUT2D eigenvalue weighted by atomic mass is 19.1. The highest BCUT2D eigenvalue weighted by Gasteiger charge is 2.31. The van der Waals surface area contributed by atoms with E-state index in [1.165, 1.54) is 17.7 Å². The van der Waals surface area contributed by atoms with E-state index in [2.05, 4.69) is 32.2 Å². The number of hydrogen-bond donors (Lipinski definition) is 1. The Morgan fingerprint density at radius 3 is 2.63 bits per heavy atom. The molecule has 0 saturated carbocycles. The molecule has 160 valence electrons. The van der Waals surface area contributed by atoms with Crippen LogP contribution in [0.3, 0.4) is 0 Å². The van der Waals surface area contributed by atoms with E-state index in [4.69, 9.17) is 0 Å². The largest absolute Gasteiger partial charge is 0.352 e. The zero-order valence-corrected chi connectivity index (χ0v) is 17.5. The molecule has 1 aromatic carbocycles. The maximum atomic E-state index is 13.3. The zero-order chi connectivity index (χ0) is 20.8. The Kier molecular flexibility index (Phi) is 7.07. The monoisotopic (exact) mass is 410 g/mol. The number of nitrogens with one attached hydrogen (secondary N) is 1. The second-order valence-electron chi connectivity index (χ2n) is 8.54. The molecule has 3 heterocycles. The number of aromatic nitrogens is 1. The number of carbonyl (C=O) groups excluding carboxylic acids is 1. The van der Waals surface area contributed by atoms with Crippen LogP contribution in [0.15, 0.2) is 48.8 Å². The van der Waals surface area contributed by atoms with E-state index >= 15 is 0 Å². The standard InChI is InChI=1S/C24H31FN4O/c25-22-5-1-3-20(15-22)16-27-24(30)21-4-2-12-29(18-21)23-8-13-28(14-9-23)17-19-6-10-26-11-7-19/h1,3,5-7,10-11,15,21,23H,2,4,8-9,12-14,16-18H2,(H,27,30)/t21-/m0/s1. The summed E-state index contributed by atoms with van der Waals surface area (Å²) in [6, 6.07) is 11.2. The van der Waals surface area contributed by atoms with Gasteiger partial charge in [-0.05, 0) is 80.7 Å². The molecular weight excluding hydrogens is 379 g/mol. The van der Waals surface area contributed by atoms with Crippen molar-refractivity contribution < 1.29 is 9.18 Å². The van der Waals surface area contributed by atoms with Gasteiger partial charge in [-0.1, -0.05) is 12.1 Å². The van der Waals surface area contributed by atoms with Gasteiger partial charge in [0.05, 0.1) is 5.92 Å². The molecule has 5 nitrogen and oxygen atoms in total. The van der Waals surface area contributed by atoms with Crippen LogP contribution in [-0.2, 0) is 17.9 Å². The number of hydrogen-bond acceptors (Lipinski definition) is 4. The van der Waals surface area contributed by atoms with Crippen LogP contribution in [0.2, 0.25) is 0 Å². The van der Waals surface area contributed by atoms with Gasteiger partial charge in [0.2, 0.25) is 5.91 Å². The molecule has 6 heteroatoms. The van der Waals surface area contributed by atoms with Crippen molar-refractivity contribution in [1.29, 1.82) is 0 Å². The number of benzene rings is 1. The summed E-state index contributed by atoms with van der Waals surface area (Å²) in [5, 5.41) is 3.01. The molecule has 2 aliphatic rings. The van der Waals surface area contributed by atoms with Crippen LogP contribution in [0.4, 0.5) is 4.39 Å². The first kappa shape index (κ1) is 20.9. The molecule has 1 aromatic heterocycles. The number of amides is 1. The van der Waals surface area contributed by atoms with E-state index in [0.717, 1.165) is 64.0 Å². The van der Waals surface area contributed by atoms with Gasteiger partial charge in [0.25, 0.3) is 0 Å². The SMILES string of the molecule is O=C(NCc1cccc(F)c1)[C@H]1CCCN(C2CCN(Cc3ccncc3)CC2)C1. The molecule has 1 amide bonds. The van der Waals surface area contributed by atoms with E-state index in [9.17, 15) is 9.18 Å². The normalized spacial score (nSPS) is 21.4. The number of piperidine rings is 2. The van der Waals surface area contributed by atoms with Gasteiger partial charge in [0.1, 0.15) is 5.82 Å². The summed E-state index contributed by atoms with van der Waals surface area (Å²) in [5.74, 6) is -0.137. The predicted octanol–water partition coefficient (Wildman–Crippen LogP) is 3.21. The maximum absolute atomic E-state index is 13.3. The topological polar surface area (TPSA) is 48.5 Å². The lowest BCUT2D eigenvalue weighted by Gasteiger charge is -2.42. The first-order valence-electron chi connectivity index (χ1n) is 11.0. The number of carbonyl (C=O) groups is 1. The Bertz CT molecular complexity index is 823. The average Bonchev–Trinajstić information content (AvgIpc) is 2.79. The van der Waals surface area contributed by atoms with Crippen molar-refractivity contribution in [2.45, 2.75) is 44.8 Å². The predicted molar refractivity (Wildman–Crippen MR) is 115 cm³/mol. The molecule has 30 heavy (non-hydrogen) atoms. The number of halogens is 1. The summed E-state index contributed by atoms with van der Waals surface area (Å²) in [5.41, 5.74) is 2.12. The molecule has 1 N–H and O–H groups in total. The fraction of sp³-hybridized carbons (Fsp3) is 0.500. The number of likely N-dealkylation sites (tertiary alicyclic amines) is 2. The molecular formula is C24H31FN4O. The lowest BCUT2D eigenvalue weighted by molar-refractivity contribution is -0.127. The third-order valence-corrected chi connectivity index (χ3v) is 6.41. The van der Waals surface area contributed by atoms with Crippen LogP contribution in [0.1, 0.15) is 36.8 Å². The maximum Gasteiger partial charge on any atom is 0.224 e. The smallest absolute Gasteiger partial charge is 0.224 e. The minimum Gasteiger partial charge on any atom is -0.352 e. The van der Waals surface area contributed by atoms with Crippen molar-refractivity contribution in [3.63, 3.8) is 0 Å². The summed E-state index contributed by atoms with van der Waals surface area (Å²) in [6.07, 6.45) is 8.03. The van der Waals surface area contributed by atoms with Crippen LogP contribution in [0, 0.1) is 11.7 Å². The van der Waals surface area contributed by atoms with Gasteiger partial charge in [-0.15, -0.1) is 0 Å². The van der Waals surface area contributed by atoms with E-state index in [0.29, 0.717) is 12.6 Å². The van der Waals surface area contributed by atoms with Crippen LogP contribution >= 0.6 is 0 Å². The third kappa shape index (κ3) is 5.64. The molecule has 0 aliphatic carbocycles. The number of nitrogens with zero attached hydrogens (tertiary/aromatic N) is 3. The fourth-order valence-corrected chi connectivity index (χ4v) is 4.72. The van der Waals surface area contributed by atoms with Gasteiger partial charge in [0, 0.05) is 38.1 Å². The van der Waals surface area contributed by atoms with Crippen molar-refractivity contribution in [3.05, 3.63) is 65.7 Å². The van der Waals surface area contributed by atoms with E-state index in [1.54, 1.807) is 6.07 Å². The first-order chi connectivity index (χ1) is 14.7. The molecule has 0 bridgehead atoms. The van der Waals surface area contributed by atoms with Crippen molar-refractivity contribution in [2.24, 2.45) is 5.92 Å². The van der Waals surface area contributed by atoms with E-state index in [-0.39, 0.29) is 17.6 Å². The Labute approximate surface area is 178 Å². The number of rotatable bonds is 6. The van der Waals surface area contributed by atoms with Gasteiger partial charge >= 0.3 is 0 Å². The van der Waals surface area contributed by atoms with Crippen LogP contribution in [0.25, 0.3) is 0 Å². The molecule has 0 unspecified atom stereocenters. The molecule has 2 aliphatic heterocycles. The summed E-state index contributed by atoms with van der Waals surface area (Å²) >= 11 is 0. The van der Waals surface area contributed by atoms with Gasteiger partial charge in [0.15, 0.2) is 0 Å². The molecule has 1 atom stereocenters. The van der Waals surface area contributed by atoms with Gasteiger partial charge in [-0.2, -0.15) is 0 Å².